The number of hydrogen-bond donors (Lipinski definition) is 1. The van der Waals surface area contributed by atoms with E-state index in [0.717, 1.165) is 31.1 Å². The summed E-state index contributed by atoms with van der Waals surface area (Å²) in [6, 6.07) is -0.899. The Labute approximate surface area is 245 Å². The van der Waals surface area contributed by atoms with Crippen molar-refractivity contribution < 1.29 is 33.4 Å². The van der Waals surface area contributed by atoms with Gasteiger partial charge in [0.1, 0.15) is 11.6 Å². The van der Waals surface area contributed by atoms with E-state index < -0.39 is 36.3 Å². The van der Waals surface area contributed by atoms with Gasteiger partial charge in [0.15, 0.2) is 12.4 Å². The number of allylic oxidation sites excluding steroid dienone is 1. The van der Waals surface area contributed by atoms with Crippen LogP contribution in [0.5, 0.6) is 0 Å². The molecule has 1 amide bonds. The molecular weight excluding hydrogens is 522 g/mol. The van der Waals surface area contributed by atoms with E-state index in [1.54, 1.807) is 20.8 Å². The van der Waals surface area contributed by atoms with Crippen LogP contribution >= 0.6 is 0 Å². The minimum atomic E-state index is -0.899. The molecule has 41 heavy (non-hydrogen) atoms. The van der Waals surface area contributed by atoms with Crippen molar-refractivity contribution in [1.29, 1.82) is 0 Å². The van der Waals surface area contributed by atoms with Crippen LogP contribution in [0.1, 0.15) is 106 Å². The van der Waals surface area contributed by atoms with Gasteiger partial charge in [0.25, 0.3) is 0 Å². The Morgan fingerprint density at radius 1 is 1.07 bits per heavy atom. The van der Waals surface area contributed by atoms with Crippen LogP contribution in [0.2, 0.25) is 0 Å². The van der Waals surface area contributed by atoms with Gasteiger partial charge in [-0.05, 0) is 126 Å². The number of nitrogens with one attached hydrogen (secondary N) is 1. The Morgan fingerprint density at radius 3 is 2.54 bits per heavy atom. The monoisotopic (exact) mass is 573 g/mol. The van der Waals surface area contributed by atoms with E-state index in [9.17, 15) is 19.2 Å². The quantitative estimate of drug-likeness (QED) is 0.260. The van der Waals surface area contributed by atoms with E-state index in [4.69, 9.17) is 14.2 Å². The van der Waals surface area contributed by atoms with Gasteiger partial charge in [-0.1, -0.05) is 26.3 Å². The normalized spacial score (nSPS) is 31.7. The number of alkyl carbamates (subject to hydrolysis) is 1. The summed E-state index contributed by atoms with van der Waals surface area (Å²) in [5.41, 5.74) is 1.08. The Morgan fingerprint density at radius 2 is 1.83 bits per heavy atom. The lowest BCUT2D eigenvalue weighted by Crippen LogP contribution is -2.45. The lowest BCUT2D eigenvalue weighted by atomic mass is 9.52. The Bertz CT molecular complexity index is 1030. The molecule has 4 aliphatic rings. The van der Waals surface area contributed by atoms with Crippen LogP contribution in [-0.4, -0.2) is 48.7 Å². The van der Waals surface area contributed by atoms with Crippen molar-refractivity contribution in [1.82, 2.24) is 5.32 Å². The third-order valence-corrected chi connectivity index (χ3v) is 9.96. The Hall–Kier alpha value is -2.38. The van der Waals surface area contributed by atoms with Crippen LogP contribution < -0.4 is 5.32 Å². The van der Waals surface area contributed by atoms with Gasteiger partial charge in [-0.3, -0.25) is 4.79 Å². The zero-order valence-corrected chi connectivity index (χ0v) is 26.0. The lowest BCUT2D eigenvalue weighted by Gasteiger charge is -2.52. The molecule has 7 atom stereocenters. The summed E-state index contributed by atoms with van der Waals surface area (Å²) >= 11 is 0. The van der Waals surface area contributed by atoms with E-state index in [1.165, 1.54) is 37.7 Å². The molecule has 8 heteroatoms. The average molecular weight is 574 g/mol. The van der Waals surface area contributed by atoms with E-state index in [0.29, 0.717) is 48.4 Å². The maximum atomic E-state index is 12.6. The zero-order valence-electron chi connectivity index (χ0n) is 26.0. The standard InChI is InChI=1S/C33H51NO7/c1-20(2)15-28(34-31(38)41-32(3,4)5)30(37)40-19-29(36)39-14-12-21-16-27-26-9-7-22-17-23(35)8-10-24(22)25(26)11-13-33(27,6)18-21/h17,20-21,24-28H,7-16,18-19H2,1-6H3,(H,34,38)/t21-,24-,25+,26+,27-,28-,33+/m0/s1. The molecule has 3 fully saturated rings. The highest BCUT2D eigenvalue weighted by molar-refractivity contribution is 5.91. The first kappa shape index (κ1) is 31.6. The maximum absolute atomic E-state index is 12.6. The Kier molecular flexibility index (Phi) is 9.90. The molecule has 3 saturated carbocycles. The van der Waals surface area contributed by atoms with Crippen molar-refractivity contribution in [2.45, 2.75) is 117 Å². The molecule has 0 aromatic rings. The zero-order chi connectivity index (χ0) is 29.9. The van der Waals surface area contributed by atoms with Crippen molar-refractivity contribution in [3.05, 3.63) is 11.6 Å². The first-order valence-corrected chi connectivity index (χ1v) is 15.8. The molecule has 4 aliphatic carbocycles. The van der Waals surface area contributed by atoms with Crippen molar-refractivity contribution in [2.24, 2.45) is 40.9 Å². The van der Waals surface area contributed by atoms with Crippen LogP contribution in [0.3, 0.4) is 0 Å². The summed E-state index contributed by atoms with van der Waals surface area (Å²) in [6.07, 6.45) is 11.4. The Balaban J connectivity index is 1.21. The summed E-state index contributed by atoms with van der Waals surface area (Å²) < 4.78 is 15.9. The number of amides is 1. The lowest BCUT2D eigenvalue weighted by molar-refractivity contribution is -0.160. The molecule has 4 rings (SSSR count). The van der Waals surface area contributed by atoms with Gasteiger partial charge < -0.3 is 19.5 Å². The van der Waals surface area contributed by atoms with Gasteiger partial charge in [0.05, 0.1) is 6.61 Å². The number of rotatable bonds is 9. The van der Waals surface area contributed by atoms with E-state index in [2.05, 4.69) is 12.2 Å². The van der Waals surface area contributed by atoms with Crippen molar-refractivity contribution in [3.8, 4) is 0 Å². The highest BCUT2D eigenvalue weighted by Crippen LogP contribution is 2.63. The number of fused-ring (bicyclic) bond motifs is 5. The van der Waals surface area contributed by atoms with Crippen LogP contribution in [0.4, 0.5) is 4.79 Å². The predicted molar refractivity (Wildman–Crippen MR) is 155 cm³/mol. The smallest absolute Gasteiger partial charge is 0.408 e. The number of ketones is 1. The van der Waals surface area contributed by atoms with Crippen molar-refractivity contribution in [2.75, 3.05) is 13.2 Å². The molecule has 0 heterocycles. The van der Waals surface area contributed by atoms with Crippen LogP contribution in [0, 0.1) is 40.9 Å². The number of ether oxygens (including phenoxy) is 3. The van der Waals surface area contributed by atoms with Gasteiger partial charge in [0, 0.05) is 6.42 Å². The van der Waals surface area contributed by atoms with Gasteiger partial charge in [-0.2, -0.15) is 0 Å². The highest BCUT2D eigenvalue weighted by atomic mass is 16.6. The molecule has 0 bridgehead atoms. The second-order valence-electron chi connectivity index (χ2n) is 14.7. The summed E-state index contributed by atoms with van der Waals surface area (Å²) in [5.74, 6) is 2.50. The van der Waals surface area contributed by atoms with Crippen LogP contribution in [-0.2, 0) is 28.6 Å². The minimum Gasteiger partial charge on any atom is -0.463 e. The number of hydrogen-bond acceptors (Lipinski definition) is 7. The number of carbonyl (C=O) groups is 4. The number of esters is 2. The predicted octanol–water partition coefficient (Wildman–Crippen LogP) is 6.16. The summed E-state index contributed by atoms with van der Waals surface area (Å²) in [4.78, 5) is 49.2. The fourth-order valence-electron chi connectivity index (χ4n) is 8.36. The van der Waals surface area contributed by atoms with Gasteiger partial charge in [-0.25, -0.2) is 14.4 Å². The molecule has 0 radical (unpaired) electrons. The third kappa shape index (κ3) is 8.13. The molecule has 230 valence electrons. The van der Waals surface area contributed by atoms with E-state index >= 15 is 0 Å². The SMILES string of the molecule is CC(C)C[C@H](NC(=O)OC(C)(C)C)C(=O)OCC(=O)OCC[C@H]1C[C@H]2[C@@H]3CCC4=CC(=O)CC[C@@H]4[C@H]3CC[C@]2(C)C1. The second kappa shape index (κ2) is 12.9. The van der Waals surface area contributed by atoms with Crippen LogP contribution in [0.25, 0.3) is 0 Å². The molecule has 8 nitrogen and oxygen atoms in total. The second-order valence-corrected chi connectivity index (χ2v) is 14.7. The largest absolute Gasteiger partial charge is 0.463 e. The van der Waals surface area contributed by atoms with Gasteiger partial charge >= 0.3 is 18.0 Å². The molecule has 0 unspecified atom stereocenters. The average Bonchev–Trinajstić information content (AvgIpc) is 3.21. The molecular formula is C33H51NO7. The highest BCUT2D eigenvalue weighted by Gasteiger charge is 2.54. The number of carbonyl (C=O) groups excluding carboxylic acids is 4. The van der Waals surface area contributed by atoms with Gasteiger partial charge in [0.2, 0.25) is 0 Å². The van der Waals surface area contributed by atoms with Crippen LogP contribution in [0.15, 0.2) is 11.6 Å². The topological polar surface area (TPSA) is 108 Å². The first-order chi connectivity index (χ1) is 19.2. The third-order valence-electron chi connectivity index (χ3n) is 9.96. The molecule has 0 aliphatic heterocycles. The summed E-state index contributed by atoms with van der Waals surface area (Å²) in [6.45, 7) is 11.4. The molecule has 0 saturated heterocycles. The van der Waals surface area contributed by atoms with E-state index in [1.807, 2.05) is 19.9 Å². The molecule has 0 aromatic heterocycles. The van der Waals surface area contributed by atoms with E-state index in [-0.39, 0.29) is 5.92 Å². The molecule has 0 aromatic carbocycles. The maximum Gasteiger partial charge on any atom is 0.408 e. The summed E-state index contributed by atoms with van der Waals surface area (Å²) in [5, 5.41) is 2.57. The summed E-state index contributed by atoms with van der Waals surface area (Å²) in [7, 11) is 0. The first-order valence-electron chi connectivity index (χ1n) is 15.8. The van der Waals surface area contributed by atoms with Gasteiger partial charge in [-0.15, -0.1) is 0 Å². The fourth-order valence-corrected chi connectivity index (χ4v) is 8.36. The van der Waals surface area contributed by atoms with Crippen molar-refractivity contribution >= 4 is 23.8 Å². The minimum absolute atomic E-state index is 0.126. The molecule has 1 N–H and O–H groups in total. The van der Waals surface area contributed by atoms with Crippen molar-refractivity contribution in [3.63, 3.8) is 0 Å². The molecule has 0 spiro atoms. The fraction of sp³-hybridized carbons (Fsp3) is 0.818.